The highest BCUT2D eigenvalue weighted by Gasteiger charge is 2.46. The Morgan fingerprint density at radius 2 is 0.550 bits per heavy atom. The van der Waals surface area contributed by atoms with Crippen LogP contribution in [0.2, 0.25) is 0 Å². The van der Waals surface area contributed by atoms with E-state index in [1.165, 1.54) is 143 Å². The second-order valence-corrected chi connectivity index (χ2v) is 22.1. The van der Waals surface area contributed by atoms with Gasteiger partial charge in [0.1, 0.15) is 0 Å². The summed E-state index contributed by atoms with van der Waals surface area (Å²) in [5.41, 5.74) is 26.7. The first-order valence-electron chi connectivity index (χ1n) is 27.6. The summed E-state index contributed by atoms with van der Waals surface area (Å²) in [5.74, 6) is 0. The molecule has 80 heavy (non-hydrogen) atoms. The fraction of sp³-hybridized carbons (Fsp3) is 0.0127. The maximum Gasteiger partial charge on any atom is 0.0713 e. The predicted octanol–water partition coefficient (Wildman–Crippen LogP) is 21.8. The molecule has 0 aliphatic heterocycles. The molecule has 1 heteroatoms. The summed E-state index contributed by atoms with van der Waals surface area (Å²) in [6, 6.07) is 117. The first-order chi connectivity index (χ1) is 39.7. The summed E-state index contributed by atoms with van der Waals surface area (Å²) in [5, 5.41) is 2.60. The number of hydrogen-bond acceptors (Lipinski definition) is 1. The minimum atomic E-state index is -0.448. The molecule has 0 fully saturated rings. The van der Waals surface area contributed by atoms with Crippen LogP contribution in [0, 0.1) is 0 Å². The number of fused-ring (bicyclic) bond motifs is 6. The van der Waals surface area contributed by atoms with Gasteiger partial charge in [0.05, 0.1) is 5.41 Å². The highest BCUT2D eigenvalue weighted by atomic mass is 32.1. The van der Waals surface area contributed by atoms with Crippen molar-refractivity contribution in [1.82, 2.24) is 0 Å². The van der Waals surface area contributed by atoms with Gasteiger partial charge in [0.25, 0.3) is 0 Å². The first kappa shape index (κ1) is 47.3. The molecule has 0 spiro atoms. The van der Waals surface area contributed by atoms with Crippen LogP contribution in [-0.2, 0) is 5.41 Å². The van der Waals surface area contributed by atoms with E-state index in [1.807, 2.05) is 11.3 Å². The second kappa shape index (κ2) is 19.8. The van der Waals surface area contributed by atoms with Crippen LogP contribution < -0.4 is 0 Å². The second-order valence-electron chi connectivity index (χ2n) is 21.0. The zero-order valence-electron chi connectivity index (χ0n) is 43.9. The van der Waals surface area contributed by atoms with Gasteiger partial charge in [0.2, 0.25) is 0 Å². The van der Waals surface area contributed by atoms with Crippen LogP contribution in [0.15, 0.2) is 315 Å². The Bertz CT molecular complexity index is 4590. The summed E-state index contributed by atoms with van der Waals surface area (Å²) in [7, 11) is 0. The number of rotatable bonds is 10. The maximum absolute atomic E-state index is 2.38. The molecule has 1 aliphatic carbocycles. The fourth-order valence-corrected chi connectivity index (χ4v) is 14.3. The molecule has 1 aliphatic rings. The highest BCUT2D eigenvalue weighted by molar-refractivity contribution is 7.27. The molecule has 15 rings (SSSR count). The summed E-state index contributed by atoms with van der Waals surface area (Å²) >= 11 is 1.91. The van der Waals surface area contributed by atoms with Crippen LogP contribution in [0.5, 0.6) is 0 Å². The molecule has 0 nitrogen and oxygen atoms in total. The summed E-state index contributed by atoms with van der Waals surface area (Å²) < 4.78 is 2.63. The molecule has 0 atom stereocenters. The van der Waals surface area contributed by atoms with Crippen LogP contribution in [-0.4, -0.2) is 0 Å². The average Bonchev–Trinajstić information content (AvgIpc) is 4.15. The van der Waals surface area contributed by atoms with Crippen LogP contribution in [0.4, 0.5) is 0 Å². The van der Waals surface area contributed by atoms with Gasteiger partial charge in [-0.15, -0.1) is 11.3 Å². The van der Waals surface area contributed by atoms with E-state index in [9.17, 15) is 0 Å². The molecule has 0 amide bonds. The Kier molecular flexibility index (Phi) is 11.7. The van der Waals surface area contributed by atoms with Gasteiger partial charge in [-0.1, -0.05) is 285 Å². The first-order valence-corrected chi connectivity index (χ1v) is 28.5. The largest absolute Gasteiger partial charge is 0.134 e. The molecule has 14 aromatic rings. The third kappa shape index (κ3) is 7.97. The Labute approximate surface area is 471 Å². The molecule has 0 radical (unpaired) electrons. The van der Waals surface area contributed by atoms with Crippen molar-refractivity contribution in [3.8, 4) is 100 Å². The highest BCUT2D eigenvalue weighted by Crippen LogP contribution is 2.58. The average molecular weight is 1030 g/mol. The lowest BCUT2D eigenvalue weighted by molar-refractivity contribution is 0.768. The molecule has 0 unspecified atom stereocenters. The van der Waals surface area contributed by atoms with Crippen molar-refractivity contribution < 1.29 is 0 Å². The number of hydrogen-bond donors (Lipinski definition) is 0. The minimum Gasteiger partial charge on any atom is -0.134 e. The third-order valence-corrected chi connectivity index (χ3v) is 17.8. The van der Waals surface area contributed by atoms with Crippen LogP contribution in [0.3, 0.4) is 0 Å². The quantitative estimate of drug-likeness (QED) is 0.128. The number of benzene rings is 13. The zero-order chi connectivity index (χ0) is 53.0. The molecule has 13 aromatic carbocycles. The van der Waals surface area contributed by atoms with Crippen LogP contribution in [0.25, 0.3) is 120 Å². The van der Waals surface area contributed by atoms with E-state index in [0.717, 1.165) is 0 Å². The van der Waals surface area contributed by atoms with E-state index in [4.69, 9.17) is 0 Å². The van der Waals surface area contributed by atoms with Gasteiger partial charge < -0.3 is 0 Å². The summed E-state index contributed by atoms with van der Waals surface area (Å²) in [6.45, 7) is 0. The van der Waals surface area contributed by atoms with E-state index >= 15 is 0 Å². The van der Waals surface area contributed by atoms with Gasteiger partial charge in [-0.3, -0.25) is 0 Å². The zero-order valence-corrected chi connectivity index (χ0v) is 44.7. The van der Waals surface area contributed by atoms with Crippen molar-refractivity contribution in [3.63, 3.8) is 0 Å². The van der Waals surface area contributed by atoms with Gasteiger partial charge in [0, 0.05) is 20.2 Å². The van der Waals surface area contributed by atoms with Gasteiger partial charge >= 0.3 is 0 Å². The van der Waals surface area contributed by atoms with Gasteiger partial charge in [-0.2, -0.15) is 0 Å². The van der Waals surface area contributed by atoms with E-state index in [1.54, 1.807) is 0 Å². The SMILES string of the molecule is c1ccc(-c2cccc3c2sc2c(-c4ccccc4)ccc(-c4cccc(-c5cccc(-c6cccc(-c7cccc(-c8cccc(-c9cccc%10c9-c9ccccc9C%10(c9ccccc9)c9ccccc9)c8)c7)c6)c5)c4)c23)cc1. The number of thiophene rings is 1. The Balaban J connectivity index is 0.762. The Morgan fingerprint density at radius 3 is 1.06 bits per heavy atom. The fourth-order valence-electron chi connectivity index (χ4n) is 12.9. The topological polar surface area (TPSA) is 0 Å². The Morgan fingerprint density at radius 1 is 0.212 bits per heavy atom. The van der Waals surface area contributed by atoms with E-state index in [-0.39, 0.29) is 0 Å². The Hall–Kier alpha value is -9.92. The van der Waals surface area contributed by atoms with Gasteiger partial charge in [-0.25, -0.2) is 0 Å². The van der Waals surface area contributed by atoms with Crippen molar-refractivity contribution >= 4 is 31.5 Å². The third-order valence-electron chi connectivity index (χ3n) is 16.6. The molecule has 374 valence electrons. The molecular weight excluding hydrogens is 981 g/mol. The van der Waals surface area contributed by atoms with E-state index in [2.05, 4.69) is 315 Å². The van der Waals surface area contributed by atoms with Crippen molar-refractivity contribution in [3.05, 3.63) is 338 Å². The molecule has 0 N–H and O–H groups in total. The standard InChI is InChI=1S/C79H52S/c1-5-22-53(23-6-1)69-42-20-43-72-76-68(46-47-70(78(76)80-77(69)72)54-24-7-2-8-25-54)64-35-19-33-62(52-64)60-31-17-29-58(50-60)56-27-15-26-55(48-56)57-28-16-30-59(49-57)61-32-18-34-63(51-61)67-41-21-45-74-75(67)71-40-13-14-44-73(71)79(74,65-36-9-3-10-37-65)66-38-11-4-12-39-66/h1-52H. The molecular formula is C79H52S. The van der Waals surface area contributed by atoms with Gasteiger partial charge in [0.15, 0.2) is 0 Å². The maximum atomic E-state index is 2.38. The normalized spacial score (nSPS) is 12.3. The monoisotopic (exact) mass is 1030 g/mol. The molecule has 0 saturated carbocycles. The molecule has 0 saturated heterocycles. The van der Waals surface area contributed by atoms with Crippen molar-refractivity contribution in [2.45, 2.75) is 5.41 Å². The smallest absolute Gasteiger partial charge is 0.0713 e. The predicted molar refractivity (Wildman–Crippen MR) is 340 cm³/mol. The lowest BCUT2D eigenvalue weighted by atomic mass is 9.67. The minimum absolute atomic E-state index is 0.448. The van der Waals surface area contributed by atoms with Gasteiger partial charge in [-0.05, 0) is 153 Å². The van der Waals surface area contributed by atoms with Crippen LogP contribution in [0.1, 0.15) is 22.3 Å². The van der Waals surface area contributed by atoms with Crippen molar-refractivity contribution in [2.75, 3.05) is 0 Å². The van der Waals surface area contributed by atoms with Crippen molar-refractivity contribution in [1.29, 1.82) is 0 Å². The van der Waals surface area contributed by atoms with Crippen molar-refractivity contribution in [2.24, 2.45) is 0 Å². The lowest BCUT2D eigenvalue weighted by Crippen LogP contribution is -2.28. The van der Waals surface area contributed by atoms with E-state index < -0.39 is 5.41 Å². The molecule has 1 aromatic heterocycles. The summed E-state index contributed by atoms with van der Waals surface area (Å²) in [6.07, 6.45) is 0. The summed E-state index contributed by atoms with van der Waals surface area (Å²) in [4.78, 5) is 0. The lowest BCUT2D eigenvalue weighted by Gasteiger charge is -2.34. The molecule has 1 heterocycles. The van der Waals surface area contributed by atoms with Crippen LogP contribution >= 0.6 is 11.3 Å². The molecule has 0 bridgehead atoms. The van der Waals surface area contributed by atoms with E-state index in [0.29, 0.717) is 0 Å².